The molecule has 0 spiro atoms. The van der Waals surface area contributed by atoms with Crippen molar-refractivity contribution in [2.45, 2.75) is 32.7 Å². The Labute approximate surface area is 174 Å². The quantitative estimate of drug-likeness (QED) is 0.471. The minimum absolute atomic E-state index is 0.164. The summed E-state index contributed by atoms with van der Waals surface area (Å²) in [5.74, 6) is -0.349. The number of aromatic nitrogens is 2. The van der Waals surface area contributed by atoms with Gasteiger partial charge in [-0.2, -0.15) is 5.10 Å². The number of hydrogen-bond donors (Lipinski definition) is 1. The molecule has 0 aliphatic carbocycles. The molecule has 0 radical (unpaired) electrons. The molecule has 0 aliphatic heterocycles. The molecule has 0 aliphatic rings. The van der Waals surface area contributed by atoms with Gasteiger partial charge in [0.1, 0.15) is 0 Å². The van der Waals surface area contributed by atoms with Gasteiger partial charge < -0.3 is 5.32 Å². The maximum Gasteiger partial charge on any atom is 0.276 e. The lowest BCUT2D eigenvalue weighted by atomic mass is 10.1. The van der Waals surface area contributed by atoms with E-state index in [0.717, 1.165) is 28.2 Å². The number of carbonyl (C=O) groups excluding carboxylic acids is 1. The van der Waals surface area contributed by atoms with Crippen LogP contribution >= 0.6 is 31.9 Å². The van der Waals surface area contributed by atoms with Crippen molar-refractivity contribution in [3.8, 4) is 0 Å². The number of benzene rings is 2. The number of nitrogens with zero attached hydrogens (tertiary/aromatic N) is 2. The van der Waals surface area contributed by atoms with E-state index in [2.05, 4.69) is 49.2 Å². The van der Waals surface area contributed by atoms with Gasteiger partial charge in [-0.15, -0.1) is 0 Å². The summed E-state index contributed by atoms with van der Waals surface area (Å²) < 4.78 is 3.06. The first kappa shape index (κ1) is 19.8. The fourth-order valence-electron chi connectivity index (χ4n) is 2.84. The van der Waals surface area contributed by atoms with Crippen LogP contribution < -0.4 is 10.9 Å². The zero-order chi connectivity index (χ0) is 19.4. The van der Waals surface area contributed by atoms with Crippen LogP contribution in [0.4, 0.5) is 5.69 Å². The summed E-state index contributed by atoms with van der Waals surface area (Å²) in [6.07, 6.45) is 2.91. The number of hydrogen-bond acceptors (Lipinski definition) is 3. The minimum Gasteiger partial charge on any atom is -0.320 e. The first-order valence-electron chi connectivity index (χ1n) is 8.77. The Bertz CT molecular complexity index is 1050. The van der Waals surface area contributed by atoms with Crippen LogP contribution in [0, 0.1) is 0 Å². The number of nitrogens with one attached hydrogen (secondary N) is 1. The second-order valence-electron chi connectivity index (χ2n) is 6.21. The summed E-state index contributed by atoms with van der Waals surface area (Å²) in [6, 6.07) is 12.6. The number of fused-ring (bicyclic) bond motifs is 1. The van der Waals surface area contributed by atoms with Crippen molar-refractivity contribution < 1.29 is 4.79 Å². The standard InChI is InChI=1S/C20H19Br2N3O2/c1-2-3-6-11-25-20(27)15-8-5-4-7-14(15)18(24-25)19(26)23-17-10-9-13(21)12-16(17)22/h4-5,7-10,12H,2-3,6,11H2,1H3,(H,23,26). The van der Waals surface area contributed by atoms with E-state index < -0.39 is 0 Å². The van der Waals surface area contributed by atoms with E-state index in [9.17, 15) is 9.59 Å². The van der Waals surface area contributed by atoms with Gasteiger partial charge in [0.15, 0.2) is 5.69 Å². The molecule has 1 aromatic heterocycles. The number of anilines is 1. The first-order valence-corrected chi connectivity index (χ1v) is 10.4. The van der Waals surface area contributed by atoms with Gasteiger partial charge in [0.25, 0.3) is 11.5 Å². The zero-order valence-electron chi connectivity index (χ0n) is 14.8. The third kappa shape index (κ3) is 4.47. The summed E-state index contributed by atoms with van der Waals surface area (Å²) in [4.78, 5) is 25.6. The highest BCUT2D eigenvalue weighted by Crippen LogP contribution is 2.27. The Morgan fingerprint density at radius 1 is 1.11 bits per heavy atom. The Kier molecular flexibility index (Phi) is 6.44. The van der Waals surface area contributed by atoms with Crippen LogP contribution in [0.25, 0.3) is 10.8 Å². The summed E-state index contributed by atoms with van der Waals surface area (Å²) in [5.41, 5.74) is 0.720. The molecule has 3 rings (SSSR count). The van der Waals surface area contributed by atoms with E-state index in [1.54, 1.807) is 30.3 Å². The topological polar surface area (TPSA) is 64.0 Å². The van der Waals surface area contributed by atoms with Crippen LogP contribution in [0.5, 0.6) is 0 Å². The lowest BCUT2D eigenvalue weighted by Gasteiger charge is -2.12. The van der Waals surface area contributed by atoms with Gasteiger partial charge in [0, 0.05) is 20.9 Å². The molecule has 0 saturated heterocycles. The second kappa shape index (κ2) is 8.80. The number of carbonyl (C=O) groups is 1. The third-order valence-electron chi connectivity index (χ3n) is 4.24. The van der Waals surface area contributed by atoms with Gasteiger partial charge in [-0.25, -0.2) is 4.68 Å². The first-order chi connectivity index (χ1) is 13.0. The molecule has 0 bridgehead atoms. The molecule has 27 heavy (non-hydrogen) atoms. The lowest BCUT2D eigenvalue weighted by molar-refractivity contribution is 0.102. The Hall–Kier alpha value is -1.99. The number of unbranched alkanes of at least 4 members (excludes halogenated alkanes) is 2. The Morgan fingerprint density at radius 3 is 2.56 bits per heavy atom. The predicted molar refractivity (Wildman–Crippen MR) is 115 cm³/mol. The molecule has 1 amide bonds. The van der Waals surface area contributed by atoms with Crippen LogP contribution in [-0.2, 0) is 6.54 Å². The molecule has 0 atom stereocenters. The number of amides is 1. The molecule has 7 heteroatoms. The number of aryl methyl sites for hydroxylation is 1. The third-order valence-corrected chi connectivity index (χ3v) is 5.38. The molecule has 2 aromatic carbocycles. The molecule has 140 valence electrons. The van der Waals surface area contributed by atoms with Gasteiger partial charge in [0.05, 0.1) is 11.1 Å². The van der Waals surface area contributed by atoms with Crippen molar-refractivity contribution in [2.75, 3.05) is 5.32 Å². The number of rotatable bonds is 6. The summed E-state index contributed by atoms with van der Waals surface area (Å²) in [7, 11) is 0. The van der Waals surface area contributed by atoms with Crippen LogP contribution in [0.3, 0.4) is 0 Å². The molecule has 0 fully saturated rings. The minimum atomic E-state index is -0.349. The molecule has 0 unspecified atom stereocenters. The molecule has 3 aromatic rings. The van der Waals surface area contributed by atoms with E-state index in [0.29, 0.717) is 23.0 Å². The molecule has 1 heterocycles. The Balaban J connectivity index is 2.02. The monoisotopic (exact) mass is 491 g/mol. The van der Waals surface area contributed by atoms with Crippen molar-refractivity contribution in [1.82, 2.24) is 9.78 Å². The summed E-state index contributed by atoms with van der Waals surface area (Å²) in [5, 5.41) is 8.32. The average Bonchev–Trinajstić information content (AvgIpc) is 2.66. The van der Waals surface area contributed by atoms with Crippen molar-refractivity contribution in [1.29, 1.82) is 0 Å². The van der Waals surface area contributed by atoms with Crippen molar-refractivity contribution in [3.63, 3.8) is 0 Å². The summed E-state index contributed by atoms with van der Waals surface area (Å²) >= 11 is 6.84. The largest absolute Gasteiger partial charge is 0.320 e. The summed E-state index contributed by atoms with van der Waals surface area (Å²) in [6.45, 7) is 2.60. The van der Waals surface area contributed by atoms with E-state index in [1.807, 2.05) is 12.1 Å². The zero-order valence-corrected chi connectivity index (χ0v) is 18.0. The maximum absolute atomic E-state index is 12.9. The van der Waals surface area contributed by atoms with Crippen LogP contribution in [0.2, 0.25) is 0 Å². The van der Waals surface area contributed by atoms with Crippen LogP contribution in [0.15, 0.2) is 56.2 Å². The van der Waals surface area contributed by atoms with E-state index in [4.69, 9.17) is 0 Å². The average molecular weight is 493 g/mol. The molecule has 5 nitrogen and oxygen atoms in total. The van der Waals surface area contributed by atoms with E-state index >= 15 is 0 Å². The highest BCUT2D eigenvalue weighted by molar-refractivity contribution is 9.11. The number of halogens is 2. The van der Waals surface area contributed by atoms with Gasteiger partial charge in [-0.1, -0.05) is 53.9 Å². The maximum atomic E-state index is 12.9. The smallest absolute Gasteiger partial charge is 0.276 e. The molecular formula is C20H19Br2N3O2. The van der Waals surface area contributed by atoms with Gasteiger partial charge in [-0.3, -0.25) is 9.59 Å². The van der Waals surface area contributed by atoms with E-state index in [1.165, 1.54) is 4.68 Å². The van der Waals surface area contributed by atoms with E-state index in [-0.39, 0.29) is 17.2 Å². The fourth-order valence-corrected chi connectivity index (χ4v) is 3.98. The van der Waals surface area contributed by atoms with Gasteiger partial charge >= 0.3 is 0 Å². The highest BCUT2D eigenvalue weighted by Gasteiger charge is 2.17. The second-order valence-corrected chi connectivity index (χ2v) is 7.98. The molecule has 1 N–H and O–H groups in total. The molecule has 0 saturated carbocycles. The van der Waals surface area contributed by atoms with Gasteiger partial charge in [0.2, 0.25) is 0 Å². The lowest BCUT2D eigenvalue weighted by Crippen LogP contribution is -2.27. The predicted octanol–water partition coefficient (Wildman–Crippen LogP) is 5.36. The van der Waals surface area contributed by atoms with Crippen molar-refractivity contribution in [2.24, 2.45) is 0 Å². The highest BCUT2D eigenvalue weighted by atomic mass is 79.9. The van der Waals surface area contributed by atoms with Crippen LogP contribution in [0.1, 0.15) is 36.7 Å². The normalized spacial score (nSPS) is 10.9. The fraction of sp³-hybridized carbons (Fsp3) is 0.250. The van der Waals surface area contributed by atoms with Gasteiger partial charge in [-0.05, 0) is 46.6 Å². The van der Waals surface area contributed by atoms with Crippen LogP contribution in [-0.4, -0.2) is 15.7 Å². The Morgan fingerprint density at radius 2 is 1.85 bits per heavy atom. The SMILES string of the molecule is CCCCCn1nc(C(=O)Nc2ccc(Br)cc2Br)c2ccccc2c1=O. The molecular weight excluding hydrogens is 474 g/mol. The van der Waals surface area contributed by atoms with Crippen molar-refractivity contribution in [3.05, 3.63) is 67.5 Å². The van der Waals surface area contributed by atoms with Crippen molar-refractivity contribution >= 4 is 54.2 Å².